The molecule has 0 aliphatic heterocycles. The van der Waals surface area contributed by atoms with Crippen LogP contribution in [0.2, 0.25) is 0 Å². The van der Waals surface area contributed by atoms with Gasteiger partial charge in [-0.1, -0.05) is 43.7 Å². The smallest absolute Gasteiger partial charge is 0.262 e. The van der Waals surface area contributed by atoms with Crippen molar-refractivity contribution in [2.75, 3.05) is 26.4 Å². The molecule has 0 unspecified atom stereocenters. The van der Waals surface area contributed by atoms with Gasteiger partial charge in [0.15, 0.2) is 5.16 Å². The molecule has 1 aliphatic carbocycles. The molecule has 0 bridgehead atoms. The molecule has 1 heterocycles. The first-order valence-corrected chi connectivity index (χ1v) is 11.6. The first-order valence-electron chi connectivity index (χ1n) is 10.7. The van der Waals surface area contributed by atoms with Crippen LogP contribution in [0.3, 0.4) is 0 Å². The fourth-order valence-corrected chi connectivity index (χ4v) is 4.79. The number of nitrogens with one attached hydrogen (secondary N) is 2. The van der Waals surface area contributed by atoms with E-state index in [9.17, 15) is 9.59 Å². The van der Waals surface area contributed by atoms with E-state index in [2.05, 4.69) is 26.3 Å². The summed E-state index contributed by atoms with van der Waals surface area (Å²) in [7, 11) is 4.21. The van der Waals surface area contributed by atoms with E-state index in [-0.39, 0.29) is 23.3 Å². The van der Waals surface area contributed by atoms with Gasteiger partial charge in [-0.25, -0.2) is 4.98 Å². The van der Waals surface area contributed by atoms with Crippen molar-refractivity contribution < 1.29 is 9.69 Å². The number of hydrogen-bond donors (Lipinski definition) is 2. The topological polar surface area (TPSA) is 68.4 Å². The summed E-state index contributed by atoms with van der Waals surface area (Å²) >= 11 is 1.37. The SMILES string of the molecule is C[C@H]1CCCC[C@@H]1NC(=O)CSc1nc2ccccc2c(=O)n1CCC[NH+](C)C. The van der Waals surface area contributed by atoms with Crippen LogP contribution in [0.25, 0.3) is 10.9 Å². The minimum absolute atomic E-state index is 0.0202. The van der Waals surface area contributed by atoms with Gasteiger partial charge in [0.05, 0.1) is 37.3 Å². The number of rotatable bonds is 8. The summed E-state index contributed by atoms with van der Waals surface area (Å²) in [6.45, 7) is 3.81. The maximum absolute atomic E-state index is 13.0. The third kappa shape index (κ3) is 5.82. The number of fused-ring (bicyclic) bond motifs is 1. The Morgan fingerprint density at radius 3 is 2.79 bits per heavy atom. The van der Waals surface area contributed by atoms with E-state index < -0.39 is 0 Å². The Labute approximate surface area is 177 Å². The van der Waals surface area contributed by atoms with Gasteiger partial charge >= 0.3 is 0 Å². The fraction of sp³-hybridized carbons (Fsp3) is 0.591. The highest BCUT2D eigenvalue weighted by Gasteiger charge is 2.23. The normalized spacial score (nSPS) is 19.6. The molecule has 0 saturated heterocycles. The number of aromatic nitrogens is 2. The van der Waals surface area contributed by atoms with Crippen LogP contribution in [0.5, 0.6) is 0 Å². The van der Waals surface area contributed by atoms with E-state index in [0.29, 0.717) is 28.5 Å². The number of thioether (sulfide) groups is 1. The van der Waals surface area contributed by atoms with Crippen LogP contribution in [-0.2, 0) is 11.3 Å². The lowest BCUT2D eigenvalue weighted by atomic mass is 9.86. The molecule has 1 saturated carbocycles. The summed E-state index contributed by atoms with van der Waals surface area (Å²) in [5, 5.41) is 4.46. The number of carbonyl (C=O) groups excluding carboxylic acids is 1. The molecule has 1 aromatic heterocycles. The van der Waals surface area contributed by atoms with E-state index in [0.717, 1.165) is 19.4 Å². The average molecular weight is 418 g/mol. The highest BCUT2D eigenvalue weighted by Crippen LogP contribution is 2.24. The van der Waals surface area contributed by atoms with Crippen LogP contribution in [0.15, 0.2) is 34.2 Å². The van der Waals surface area contributed by atoms with Gasteiger partial charge in [0, 0.05) is 19.0 Å². The first kappa shape index (κ1) is 21.8. The number of carbonyl (C=O) groups is 1. The largest absolute Gasteiger partial charge is 0.352 e. The molecule has 1 amide bonds. The van der Waals surface area contributed by atoms with Crippen molar-refractivity contribution in [1.82, 2.24) is 14.9 Å². The van der Waals surface area contributed by atoms with Gasteiger partial charge < -0.3 is 10.2 Å². The number of benzene rings is 1. The van der Waals surface area contributed by atoms with Crippen molar-refractivity contribution in [3.8, 4) is 0 Å². The zero-order chi connectivity index (χ0) is 20.8. The van der Waals surface area contributed by atoms with Gasteiger partial charge in [0.2, 0.25) is 5.91 Å². The van der Waals surface area contributed by atoms with E-state index in [1.165, 1.54) is 35.9 Å². The molecule has 0 spiro atoms. The molecular formula is C22H33N4O2S+. The number of amides is 1. The number of hydrogen-bond acceptors (Lipinski definition) is 4. The summed E-state index contributed by atoms with van der Waals surface area (Å²) < 4.78 is 1.74. The lowest BCUT2D eigenvalue weighted by Crippen LogP contribution is -3.05. The van der Waals surface area contributed by atoms with Crippen molar-refractivity contribution >= 4 is 28.6 Å². The number of para-hydroxylation sites is 1. The number of nitrogens with zero attached hydrogens (tertiary/aromatic N) is 2. The highest BCUT2D eigenvalue weighted by atomic mass is 32.2. The second kappa shape index (κ2) is 10.3. The zero-order valence-corrected chi connectivity index (χ0v) is 18.6. The Balaban J connectivity index is 1.74. The van der Waals surface area contributed by atoms with Gasteiger partial charge in [0.1, 0.15) is 0 Å². The van der Waals surface area contributed by atoms with Gasteiger partial charge in [-0.15, -0.1) is 0 Å². The Hall–Kier alpha value is -1.86. The van der Waals surface area contributed by atoms with Gasteiger partial charge in [0.25, 0.3) is 5.56 Å². The molecule has 3 rings (SSSR count). The Bertz CT molecular complexity index is 896. The minimum atomic E-state index is -0.0202. The Morgan fingerprint density at radius 2 is 2.03 bits per heavy atom. The molecule has 2 N–H and O–H groups in total. The van der Waals surface area contributed by atoms with Crippen molar-refractivity contribution in [2.24, 2.45) is 5.92 Å². The predicted molar refractivity (Wildman–Crippen MR) is 119 cm³/mol. The highest BCUT2D eigenvalue weighted by molar-refractivity contribution is 7.99. The van der Waals surface area contributed by atoms with Gasteiger partial charge in [-0.2, -0.15) is 0 Å². The molecule has 6 nitrogen and oxygen atoms in total. The van der Waals surface area contributed by atoms with E-state index in [4.69, 9.17) is 4.98 Å². The summed E-state index contributed by atoms with van der Waals surface area (Å²) in [4.78, 5) is 31.6. The van der Waals surface area contributed by atoms with Crippen LogP contribution < -0.4 is 15.8 Å². The van der Waals surface area contributed by atoms with Crippen LogP contribution in [0, 0.1) is 5.92 Å². The van der Waals surface area contributed by atoms with Crippen LogP contribution >= 0.6 is 11.8 Å². The van der Waals surface area contributed by atoms with E-state index >= 15 is 0 Å². The van der Waals surface area contributed by atoms with Crippen molar-refractivity contribution in [2.45, 2.75) is 56.8 Å². The Morgan fingerprint density at radius 1 is 1.28 bits per heavy atom. The molecule has 2 aromatic rings. The molecule has 2 atom stereocenters. The third-order valence-electron chi connectivity index (χ3n) is 5.68. The Kier molecular flexibility index (Phi) is 7.72. The van der Waals surface area contributed by atoms with Crippen LogP contribution in [0.4, 0.5) is 0 Å². The summed E-state index contributed by atoms with van der Waals surface area (Å²) in [6, 6.07) is 7.71. The second-order valence-corrected chi connectivity index (χ2v) is 9.35. The standard InChI is InChI=1S/C22H32N4O2S/c1-16-9-4-6-11-18(16)23-20(27)15-29-22-24-19-12-7-5-10-17(19)21(28)26(22)14-8-13-25(2)3/h5,7,10,12,16,18H,4,6,8-9,11,13-15H2,1-3H3,(H,23,27)/p+1/t16-,18-/m0/s1. The monoisotopic (exact) mass is 417 g/mol. The molecule has 1 aromatic carbocycles. The summed E-state index contributed by atoms with van der Waals surface area (Å²) in [6.07, 6.45) is 5.56. The average Bonchev–Trinajstić information content (AvgIpc) is 2.70. The van der Waals surface area contributed by atoms with Gasteiger partial charge in [-0.05, 0) is 30.9 Å². The summed E-state index contributed by atoms with van der Waals surface area (Å²) in [5.74, 6) is 0.844. The maximum atomic E-state index is 13.0. The van der Waals surface area contributed by atoms with Crippen LogP contribution in [-0.4, -0.2) is 47.9 Å². The lowest BCUT2D eigenvalue weighted by molar-refractivity contribution is -0.858. The van der Waals surface area contributed by atoms with Crippen molar-refractivity contribution in [3.63, 3.8) is 0 Å². The minimum Gasteiger partial charge on any atom is -0.352 e. The predicted octanol–water partition coefficient (Wildman–Crippen LogP) is 1.72. The molecular weight excluding hydrogens is 384 g/mol. The quantitative estimate of drug-likeness (QED) is 0.507. The van der Waals surface area contributed by atoms with Crippen LogP contribution in [0.1, 0.15) is 39.0 Å². The molecule has 7 heteroatoms. The van der Waals surface area contributed by atoms with E-state index in [1.807, 2.05) is 24.3 Å². The van der Waals surface area contributed by atoms with Crippen molar-refractivity contribution in [1.29, 1.82) is 0 Å². The molecule has 0 radical (unpaired) electrons. The van der Waals surface area contributed by atoms with Crippen molar-refractivity contribution in [3.05, 3.63) is 34.6 Å². The molecule has 1 fully saturated rings. The maximum Gasteiger partial charge on any atom is 0.262 e. The second-order valence-electron chi connectivity index (χ2n) is 8.40. The van der Waals surface area contributed by atoms with E-state index in [1.54, 1.807) is 4.57 Å². The zero-order valence-electron chi connectivity index (χ0n) is 17.7. The fourth-order valence-electron chi connectivity index (χ4n) is 3.95. The summed E-state index contributed by atoms with van der Waals surface area (Å²) in [5.41, 5.74) is 0.670. The molecule has 29 heavy (non-hydrogen) atoms. The van der Waals surface area contributed by atoms with Gasteiger partial charge in [-0.3, -0.25) is 14.2 Å². The third-order valence-corrected chi connectivity index (χ3v) is 6.65. The molecule has 1 aliphatic rings. The molecule has 158 valence electrons. The first-order chi connectivity index (χ1) is 14.0. The number of quaternary nitrogens is 1. The lowest BCUT2D eigenvalue weighted by Gasteiger charge is -2.29.